The molecule has 0 aromatic heterocycles. The monoisotopic (exact) mass is 339 g/mol. The van der Waals surface area contributed by atoms with Crippen molar-refractivity contribution in [1.82, 2.24) is 4.72 Å². The third-order valence-corrected chi connectivity index (χ3v) is 4.74. The first-order chi connectivity index (χ1) is 10.4. The van der Waals surface area contributed by atoms with Crippen molar-refractivity contribution in [2.75, 3.05) is 0 Å². The summed E-state index contributed by atoms with van der Waals surface area (Å²) in [6.07, 6.45) is 0.0264. The molecule has 7 heteroatoms. The van der Waals surface area contributed by atoms with Crippen molar-refractivity contribution in [3.8, 4) is 0 Å². The van der Waals surface area contributed by atoms with Crippen molar-refractivity contribution in [3.05, 3.63) is 65.2 Å². The van der Waals surface area contributed by atoms with E-state index in [0.29, 0.717) is 10.6 Å². The lowest BCUT2D eigenvalue weighted by atomic mass is 10.1. The van der Waals surface area contributed by atoms with Crippen molar-refractivity contribution in [2.24, 2.45) is 0 Å². The van der Waals surface area contributed by atoms with Gasteiger partial charge in [0.1, 0.15) is 6.04 Å². The molecular weight excluding hydrogens is 326 g/mol. The van der Waals surface area contributed by atoms with Crippen LogP contribution < -0.4 is 4.72 Å². The van der Waals surface area contributed by atoms with E-state index in [-0.39, 0.29) is 11.3 Å². The largest absolute Gasteiger partial charge is 0.480 e. The van der Waals surface area contributed by atoms with E-state index in [1.165, 1.54) is 12.1 Å². The maximum absolute atomic E-state index is 12.2. The predicted octanol–water partition coefficient (Wildman–Crippen LogP) is 2.31. The van der Waals surface area contributed by atoms with Gasteiger partial charge in [0.15, 0.2) is 0 Å². The molecule has 5 nitrogen and oxygen atoms in total. The van der Waals surface area contributed by atoms with Crippen LogP contribution in [0.5, 0.6) is 0 Å². The van der Waals surface area contributed by atoms with E-state index in [9.17, 15) is 18.3 Å². The molecule has 116 valence electrons. The summed E-state index contributed by atoms with van der Waals surface area (Å²) < 4.78 is 26.6. The highest BCUT2D eigenvalue weighted by molar-refractivity contribution is 7.89. The third kappa shape index (κ3) is 4.30. The van der Waals surface area contributed by atoms with Crippen LogP contribution in [0.1, 0.15) is 5.56 Å². The molecule has 0 bridgehead atoms. The zero-order chi connectivity index (χ0) is 16.2. The molecule has 2 N–H and O–H groups in total. The highest BCUT2D eigenvalue weighted by Crippen LogP contribution is 2.13. The second-order valence-corrected chi connectivity index (χ2v) is 6.81. The van der Waals surface area contributed by atoms with Gasteiger partial charge in [0.25, 0.3) is 0 Å². The number of nitrogens with one attached hydrogen (secondary N) is 1. The summed E-state index contributed by atoms with van der Waals surface area (Å²) in [5, 5.41) is 9.77. The molecular formula is C15H14ClNO4S. The fourth-order valence-corrected chi connectivity index (χ4v) is 3.23. The second kappa shape index (κ2) is 6.91. The Hall–Kier alpha value is -1.89. The first kappa shape index (κ1) is 16.5. The number of rotatable bonds is 6. The van der Waals surface area contributed by atoms with Gasteiger partial charge in [-0.1, -0.05) is 41.9 Å². The fraction of sp³-hybridized carbons (Fsp3) is 0.133. The Morgan fingerprint density at radius 2 is 1.68 bits per heavy atom. The molecule has 0 saturated heterocycles. The fourth-order valence-electron chi connectivity index (χ4n) is 1.89. The lowest BCUT2D eigenvalue weighted by Crippen LogP contribution is -2.42. The minimum absolute atomic E-state index is 0.0253. The second-order valence-electron chi connectivity index (χ2n) is 4.66. The van der Waals surface area contributed by atoms with Gasteiger partial charge in [0.05, 0.1) is 4.90 Å². The lowest BCUT2D eigenvalue weighted by molar-refractivity contribution is -0.138. The van der Waals surface area contributed by atoms with E-state index >= 15 is 0 Å². The number of carbonyl (C=O) groups is 1. The summed E-state index contributed by atoms with van der Waals surface area (Å²) >= 11 is 5.77. The molecule has 1 atom stereocenters. The Balaban J connectivity index is 2.19. The van der Waals surface area contributed by atoms with Crippen molar-refractivity contribution in [2.45, 2.75) is 17.4 Å². The van der Waals surface area contributed by atoms with Crippen LogP contribution in [0.3, 0.4) is 0 Å². The number of benzene rings is 2. The van der Waals surface area contributed by atoms with Crippen molar-refractivity contribution in [3.63, 3.8) is 0 Å². The number of halogens is 1. The number of hydrogen-bond acceptors (Lipinski definition) is 3. The lowest BCUT2D eigenvalue weighted by Gasteiger charge is -2.15. The van der Waals surface area contributed by atoms with Crippen LogP contribution >= 0.6 is 11.6 Å². The van der Waals surface area contributed by atoms with E-state index in [1.54, 1.807) is 42.5 Å². The highest BCUT2D eigenvalue weighted by Gasteiger charge is 2.25. The zero-order valence-electron chi connectivity index (χ0n) is 11.4. The van der Waals surface area contributed by atoms with Gasteiger partial charge in [-0.2, -0.15) is 4.72 Å². The van der Waals surface area contributed by atoms with Crippen LogP contribution in [-0.4, -0.2) is 25.5 Å². The Morgan fingerprint density at radius 1 is 1.09 bits per heavy atom. The Bertz CT molecular complexity index is 745. The van der Waals surface area contributed by atoms with E-state index in [4.69, 9.17) is 11.6 Å². The van der Waals surface area contributed by atoms with Gasteiger partial charge >= 0.3 is 5.97 Å². The first-order valence-electron chi connectivity index (χ1n) is 6.43. The number of carboxylic acid groups (broad SMARTS) is 1. The van der Waals surface area contributed by atoms with Gasteiger partial charge in [0, 0.05) is 5.02 Å². The summed E-state index contributed by atoms with van der Waals surface area (Å²) in [6.45, 7) is 0. The van der Waals surface area contributed by atoms with Crippen LogP contribution in [0, 0.1) is 0 Å². The average molecular weight is 340 g/mol. The topological polar surface area (TPSA) is 83.5 Å². The summed E-state index contributed by atoms with van der Waals surface area (Å²) in [5.74, 6) is -1.24. The van der Waals surface area contributed by atoms with Gasteiger partial charge in [-0.3, -0.25) is 4.79 Å². The van der Waals surface area contributed by atoms with E-state index in [2.05, 4.69) is 4.72 Å². The molecule has 2 aromatic carbocycles. The Morgan fingerprint density at radius 3 is 2.23 bits per heavy atom. The number of carboxylic acids is 1. The zero-order valence-corrected chi connectivity index (χ0v) is 13.0. The molecule has 2 aromatic rings. The molecule has 0 unspecified atom stereocenters. The van der Waals surface area contributed by atoms with Gasteiger partial charge in [0.2, 0.25) is 10.0 Å². The predicted molar refractivity (Wildman–Crippen MR) is 83.3 cm³/mol. The van der Waals surface area contributed by atoms with Gasteiger partial charge < -0.3 is 5.11 Å². The highest BCUT2D eigenvalue weighted by atomic mass is 35.5. The van der Waals surface area contributed by atoms with E-state index in [1.807, 2.05) is 0 Å². The molecule has 0 aliphatic carbocycles. The first-order valence-corrected chi connectivity index (χ1v) is 8.29. The van der Waals surface area contributed by atoms with E-state index < -0.39 is 22.0 Å². The summed E-state index contributed by atoms with van der Waals surface area (Å²) in [4.78, 5) is 11.4. The van der Waals surface area contributed by atoms with Gasteiger partial charge in [-0.05, 0) is 36.2 Å². The smallest absolute Gasteiger partial charge is 0.322 e. The Kier molecular flexibility index (Phi) is 5.18. The average Bonchev–Trinajstić information content (AvgIpc) is 2.49. The molecule has 0 radical (unpaired) electrons. The van der Waals surface area contributed by atoms with Crippen molar-refractivity contribution in [1.29, 1.82) is 0 Å². The standard InChI is InChI=1S/C15H14ClNO4S/c16-12-8-6-11(7-9-12)10-14(15(18)19)17-22(20,21)13-4-2-1-3-5-13/h1-9,14,17H,10H2,(H,18,19)/t14-/m0/s1. The van der Waals surface area contributed by atoms with Crippen molar-refractivity contribution < 1.29 is 18.3 Å². The normalized spacial score (nSPS) is 12.8. The molecule has 0 heterocycles. The number of aliphatic carboxylic acids is 1. The molecule has 0 fully saturated rings. The number of sulfonamides is 1. The minimum atomic E-state index is -3.89. The van der Waals surface area contributed by atoms with Crippen LogP contribution in [0.4, 0.5) is 0 Å². The van der Waals surface area contributed by atoms with Gasteiger partial charge in [-0.25, -0.2) is 8.42 Å². The van der Waals surface area contributed by atoms with Crippen molar-refractivity contribution >= 4 is 27.6 Å². The summed E-state index contributed by atoms with van der Waals surface area (Å²) in [7, 11) is -3.89. The maximum Gasteiger partial charge on any atom is 0.322 e. The molecule has 2 rings (SSSR count). The Labute approximate surface area is 133 Å². The molecule has 22 heavy (non-hydrogen) atoms. The van der Waals surface area contributed by atoms with Gasteiger partial charge in [-0.15, -0.1) is 0 Å². The quantitative estimate of drug-likeness (QED) is 0.846. The molecule has 0 aliphatic heterocycles. The summed E-state index contributed by atoms with van der Waals surface area (Å²) in [5.41, 5.74) is 0.674. The molecule has 0 amide bonds. The SMILES string of the molecule is O=C(O)[C@H](Cc1ccc(Cl)cc1)NS(=O)(=O)c1ccccc1. The van der Waals surface area contributed by atoms with Crippen LogP contribution in [0.2, 0.25) is 5.02 Å². The molecule has 0 spiro atoms. The summed E-state index contributed by atoms with van der Waals surface area (Å²) in [6, 6.07) is 13.0. The minimum Gasteiger partial charge on any atom is -0.480 e. The number of hydrogen-bond donors (Lipinski definition) is 2. The third-order valence-electron chi connectivity index (χ3n) is 3.00. The maximum atomic E-state index is 12.2. The molecule has 0 saturated carbocycles. The van der Waals surface area contributed by atoms with Crippen LogP contribution in [0.25, 0.3) is 0 Å². The van der Waals surface area contributed by atoms with Crippen LogP contribution in [-0.2, 0) is 21.2 Å². The van der Waals surface area contributed by atoms with Crippen LogP contribution in [0.15, 0.2) is 59.5 Å². The molecule has 0 aliphatic rings. The van der Waals surface area contributed by atoms with E-state index in [0.717, 1.165) is 0 Å².